The molecule has 2 atom stereocenters. The largest absolute Gasteiger partial charge is 0.313 e. The van der Waals surface area contributed by atoms with Crippen LogP contribution < -0.4 is 5.32 Å². The highest BCUT2D eigenvalue weighted by atomic mass is 35.5. The van der Waals surface area contributed by atoms with Crippen LogP contribution in [0, 0.1) is 0 Å². The van der Waals surface area contributed by atoms with E-state index in [1.807, 2.05) is 12.1 Å². The molecule has 3 heteroatoms. The Labute approximate surface area is 128 Å². The number of benzene rings is 1. The monoisotopic (exact) mass is 294 g/mol. The van der Waals surface area contributed by atoms with Gasteiger partial charge in [0.2, 0.25) is 0 Å². The lowest BCUT2D eigenvalue weighted by Gasteiger charge is -2.32. The van der Waals surface area contributed by atoms with Crippen molar-refractivity contribution in [2.45, 2.75) is 51.6 Å². The van der Waals surface area contributed by atoms with Crippen LogP contribution in [0.15, 0.2) is 24.3 Å². The van der Waals surface area contributed by atoms with Gasteiger partial charge in [-0.2, -0.15) is 0 Å². The lowest BCUT2D eigenvalue weighted by Crippen LogP contribution is -2.39. The molecule has 1 aliphatic rings. The van der Waals surface area contributed by atoms with E-state index in [1.54, 1.807) is 0 Å². The maximum atomic E-state index is 6.37. The molecule has 0 aromatic heterocycles. The average molecular weight is 295 g/mol. The topological polar surface area (TPSA) is 15.3 Å². The van der Waals surface area contributed by atoms with Crippen LogP contribution in [-0.2, 0) is 0 Å². The van der Waals surface area contributed by atoms with Gasteiger partial charge in [-0.05, 0) is 50.9 Å². The van der Waals surface area contributed by atoms with Gasteiger partial charge in [0.25, 0.3) is 0 Å². The van der Waals surface area contributed by atoms with Crippen molar-refractivity contribution < 1.29 is 0 Å². The fraction of sp³-hybridized carbons (Fsp3) is 0.647. The summed E-state index contributed by atoms with van der Waals surface area (Å²) in [7, 11) is 0. The first-order valence-corrected chi connectivity index (χ1v) is 8.32. The highest BCUT2D eigenvalue weighted by Gasteiger charge is 2.22. The molecule has 1 heterocycles. The van der Waals surface area contributed by atoms with Gasteiger partial charge >= 0.3 is 0 Å². The molecule has 1 N–H and O–H groups in total. The Balaban J connectivity index is 2.06. The van der Waals surface area contributed by atoms with Crippen LogP contribution >= 0.6 is 11.6 Å². The van der Waals surface area contributed by atoms with Gasteiger partial charge in [0.15, 0.2) is 0 Å². The molecule has 1 saturated heterocycles. The summed E-state index contributed by atoms with van der Waals surface area (Å²) in [5.74, 6) is 0. The van der Waals surface area contributed by atoms with E-state index >= 15 is 0 Å². The summed E-state index contributed by atoms with van der Waals surface area (Å²) >= 11 is 6.37. The SMILES string of the molecule is CCCCN(CC1CCCN1)C(C)c1ccccc1Cl. The van der Waals surface area contributed by atoms with Crippen LogP contribution in [-0.4, -0.2) is 30.6 Å². The third kappa shape index (κ3) is 4.21. The zero-order chi connectivity index (χ0) is 14.4. The second-order valence-corrected chi connectivity index (χ2v) is 6.25. The summed E-state index contributed by atoms with van der Waals surface area (Å²) < 4.78 is 0. The molecule has 0 radical (unpaired) electrons. The number of nitrogens with zero attached hydrogens (tertiary/aromatic N) is 1. The molecule has 0 spiro atoms. The first-order chi connectivity index (χ1) is 9.72. The predicted molar refractivity (Wildman–Crippen MR) is 87.4 cm³/mol. The highest BCUT2D eigenvalue weighted by molar-refractivity contribution is 6.31. The summed E-state index contributed by atoms with van der Waals surface area (Å²) in [6, 6.07) is 9.29. The van der Waals surface area contributed by atoms with Crippen molar-refractivity contribution in [2.75, 3.05) is 19.6 Å². The van der Waals surface area contributed by atoms with Crippen molar-refractivity contribution in [1.29, 1.82) is 0 Å². The molecule has 1 aliphatic heterocycles. The Morgan fingerprint density at radius 1 is 1.40 bits per heavy atom. The predicted octanol–water partition coefficient (Wildman–Crippen LogP) is 4.26. The second-order valence-electron chi connectivity index (χ2n) is 5.84. The Bertz CT molecular complexity index is 402. The number of halogens is 1. The van der Waals surface area contributed by atoms with E-state index in [0.717, 1.165) is 18.1 Å². The van der Waals surface area contributed by atoms with Crippen LogP contribution in [0.25, 0.3) is 0 Å². The molecule has 1 aromatic carbocycles. The lowest BCUT2D eigenvalue weighted by molar-refractivity contribution is 0.189. The molecule has 1 aromatic rings. The van der Waals surface area contributed by atoms with E-state index < -0.39 is 0 Å². The van der Waals surface area contributed by atoms with Crippen molar-refractivity contribution in [3.05, 3.63) is 34.9 Å². The number of hydrogen-bond acceptors (Lipinski definition) is 2. The number of rotatable bonds is 7. The molecule has 2 unspecified atom stereocenters. The zero-order valence-corrected chi connectivity index (χ0v) is 13.5. The minimum absolute atomic E-state index is 0.387. The van der Waals surface area contributed by atoms with Crippen molar-refractivity contribution >= 4 is 11.6 Å². The molecule has 20 heavy (non-hydrogen) atoms. The first-order valence-electron chi connectivity index (χ1n) is 7.94. The van der Waals surface area contributed by atoms with Gasteiger partial charge in [0, 0.05) is 23.7 Å². The summed E-state index contributed by atoms with van der Waals surface area (Å²) in [4.78, 5) is 2.59. The summed E-state index contributed by atoms with van der Waals surface area (Å²) in [6.07, 6.45) is 5.11. The Hall–Kier alpha value is -0.570. The van der Waals surface area contributed by atoms with E-state index in [2.05, 4.69) is 36.2 Å². The van der Waals surface area contributed by atoms with Gasteiger partial charge < -0.3 is 5.32 Å². The molecule has 0 saturated carbocycles. The highest BCUT2D eigenvalue weighted by Crippen LogP contribution is 2.28. The van der Waals surface area contributed by atoms with Crippen molar-refractivity contribution in [3.8, 4) is 0 Å². The fourth-order valence-corrected chi connectivity index (χ4v) is 3.30. The standard InChI is InChI=1S/C17H27ClN2/c1-3-4-12-20(13-15-8-7-11-19-15)14(2)16-9-5-6-10-17(16)18/h5-6,9-10,14-15,19H,3-4,7-8,11-13H2,1-2H3. The second kappa shape index (κ2) is 8.02. The Morgan fingerprint density at radius 2 is 2.20 bits per heavy atom. The molecule has 112 valence electrons. The van der Waals surface area contributed by atoms with E-state index in [1.165, 1.54) is 37.8 Å². The first kappa shape index (κ1) is 15.8. The van der Waals surface area contributed by atoms with Crippen LogP contribution in [0.4, 0.5) is 0 Å². The normalized spacial score (nSPS) is 20.5. The van der Waals surface area contributed by atoms with Gasteiger partial charge in [0.1, 0.15) is 0 Å². The summed E-state index contributed by atoms with van der Waals surface area (Å²) in [5.41, 5.74) is 1.25. The number of hydrogen-bond donors (Lipinski definition) is 1. The minimum Gasteiger partial charge on any atom is -0.313 e. The lowest BCUT2D eigenvalue weighted by atomic mass is 10.0. The molecular formula is C17H27ClN2. The molecule has 0 bridgehead atoms. The smallest absolute Gasteiger partial charge is 0.0453 e. The maximum absolute atomic E-state index is 6.37. The Morgan fingerprint density at radius 3 is 2.85 bits per heavy atom. The molecule has 1 fully saturated rings. The molecule has 0 aliphatic carbocycles. The minimum atomic E-state index is 0.387. The number of nitrogens with one attached hydrogen (secondary N) is 1. The molecular weight excluding hydrogens is 268 g/mol. The van der Waals surface area contributed by atoms with Gasteiger partial charge in [-0.3, -0.25) is 4.90 Å². The van der Waals surface area contributed by atoms with Crippen LogP contribution in [0.3, 0.4) is 0 Å². The van der Waals surface area contributed by atoms with Crippen molar-refractivity contribution in [1.82, 2.24) is 10.2 Å². The van der Waals surface area contributed by atoms with Crippen LogP contribution in [0.2, 0.25) is 5.02 Å². The van der Waals surface area contributed by atoms with Gasteiger partial charge in [-0.15, -0.1) is 0 Å². The van der Waals surface area contributed by atoms with Crippen LogP contribution in [0.5, 0.6) is 0 Å². The molecule has 0 amide bonds. The summed E-state index contributed by atoms with van der Waals surface area (Å²) in [6.45, 7) is 8.00. The van der Waals surface area contributed by atoms with Gasteiger partial charge in [-0.25, -0.2) is 0 Å². The van der Waals surface area contributed by atoms with Crippen molar-refractivity contribution in [3.63, 3.8) is 0 Å². The van der Waals surface area contributed by atoms with E-state index in [4.69, 9.17) is 11.6 Å². The average Bonchev–Trinajstić information content (AvgIpc) is 2.96. The third-order valence-electron chi connectivity index (χ3n) is 4.32. The van der Waals surface area contributed by atoms with E-state index in [-0.39, 0.29) is 0 Å². The van der Waals surface area contributed by atoms with Gasteiger partial charge in [0.05, 0.1) is 0 Å². The van der Waals surface area contributed by atoms with E-state index in [9.17, 15) is 0 Å². The Kier molecular flexibility index (Phi) is 6.34. The summed E-state index contributed by atoms with van der Waals surface area (Å²) in [5, 5.41) is 4.50. The quantitative estimate of drug-likeness (QED) is 0.808. The molecule has 2 rings (SSSR count). The van der Waals surface area contributed by atoms with Crippen LogP contribution in [0.1, 0.15) is 51.1 Å². The van der Waals surface area contributed by atoms with Gasteiger partial charge in [-0.1, -0.05) is 43.1 Å². The molecule has 2 nitrogen and oxygen atoms in total. The zero-order valence-electron chi connectivity index (χ0n) is 12.7. The van der Waals surface area contributed by atoms with E-state index in [0.29, 0.717) is 12.1 Å². The van der Waals surface area contributed by atoms with Crippen molar-refractivity contribution in [2.24, 2.45) is 0 Å². The maximum Gasteiger partial charge on any atom is 0.0453 e. The third-order valence-corrected chi connectivity index (χ3v) is 4.66. The number of unbranched alkanes of at least 4 members (excludes halogenated alkanes) is 1. The fourth-order valence-electron chi connectivity index (χ4n) is 3.01.